The number of amides is 4. The number of aromatic nitrogens is 2. The van der Waals surface area contributed by atoms with Crippen molar-refractivity contribution in [3.05, 3.63) is 64.4 Å². The van der Waals surface area contributed by atoms with Crippen LogP contribution in [0.3, 0.4) is 0 Å². The van der Waals surface area contributed by atoms with Crippen LogP contribution in [0.4, 0.5) is 4.79 Å². The second-order valence-electron chi connectivity index (χ2n) is 6.67. The Hall–Kier alpha value is -3.40. The monoisotopic (exact) mass is 472 g/mol. The minimum absolute atomic E-state index is 0.0000561. The van der Waals surface area contributed by atoms with Gasteiger partial charge in [-0.15, -0.1) is 0 Å². The number of rotatable bonds is 6. The summed E-state index contributed by atoms with van der Waals surface area (Å²) in [5, 5.41) is 2.54. The number of para-hydroxylation sites is 2. The van der Waals surface area contributed by atoms with Gasteiger partial charge >= 0.3 is 6.03 Å². The van der Waals surface area contributed by atoms with Crippen molar-refractivity contribution in [1.82, 2.24) is 25.7 Å². The van der Waals surface area contributed by atoms with Crippen molar-refractivity contribution >= 4 is 44.8 Å². The number of nitrogens with zero attached hydrogens (tertiary/aromatic N) is 2. The van der Waals surface area contributed by atoms with Crippen LogP contribution >= 0.6 is 15.9 Å². The second-order valence-corrected chi connectivity index (χ2v) is 7.58. The van der Waals surface area contributed by atoms with E-state index in [4.69, 9.17) is 5.73 Å². The predicted octanol–water partition coefficient (Wildman–Crippen LogP) is 1.83. The van der Waals surface area contributed by atoms with E-state index < -0.39 is 23.9 Å². The van der Waals surface area contributed by atoms with Gasteiger partial charge in [-0.25, -0.2) is 9.78 Å². The van der Waals surface area contributed by atoms with E-state index in [9.17, 15) is 14.4 Å². The van der Waals surface area contributed by atoms with Crippen molar-refractivity contribution in [1.29, 1.82) is 0 Å². The van der Waals surface area contributed by atoms with Crippen LogP contribution in [0.2, 0.25) is 0 Å². The Morgan fingerprint density at radius 3 is 2.53 bits per heavy atom. The Morgan fingerprint density at radius 2 is 1.83 bits per heavy atom. The quantitative estimate of drug-likeness (QED) is 0.407. The van der Waals surface area contributed by atoms with Crippen molar-refractivity contribution < 1.29 is 14.4 Å². The van der Waals surface area contributed by atoms with Gasteiger partial charge in [-0.05, 0) is 29.8 Å². The molecule has 0 saturated carbocycles. The van der Waals surface area contributed by atoms with Gasteiger partial charge in [0.15, 0.2) is 0 Å². The number of nitrogens with two attached hydrogens (primary N) is 1. The molecule has 2 aromatic carbocycles. The molecule has 5 N–H and O–H groups in total. The summed E-state index contributed by atoms with van der Waals surface area (Å²) in [6.45, 7) is 0. The Kier molecular flexibility index (Phi) is 6.68. The first-order valence-electron chi connectivity index (χ1n) is 9.13. The molecular formula is C20H21BrN6O3. The van der Waals surface area contributed by atoms with Gasteiger partial charge in [-0.1, -0.05) is 40.2 Å². The van der Waals surface area contributed by atoms with Gasteiger partial charge in [0.05, 0.1) is 29.9 Å². The van der Waals surface area contributed by atoms with Crippen LogP contribution in [0.1, 0.15) is 23.9 Å². The topological polar surface area (TPSA) is 131 Å². The Morgan fingerprint density at radius 1 is 1.10 bits per heavy atom. The molecule has 0 aliphatic rings. The van der Waals surface area contributed by atoms with E-state index in [0.717, 1.165) is 15.5 Å². The highest BCUT2D eigenvalue weighted by Crippen LogP contribution is 2.21. The number of hydrazine groups is 1. The molecule has 0 aliphatic heterocycles. The summed E-state index contributed by atoms with van der Waals surface area (Å²) in [7, 11) is 1.83. The lowest BCUT2D eigenvalue weighted by Crippen LogP contribution is -2.44. The van der Waals surface area contributed by atoms with Crippen LogP contribution in [0, 0.1) is 0 Å². The van der Waals surface area contributed by atoms with Gasteiger partial charge in [0.2, 0.25) is 11.8 Å². The molecule has 0 spiro atoms. The maximum atomic E-state index is 12.3. The SMILES string of the molecule is Cn1c(CC(=O)NNC(=O)CC(NC(N)=O)c2cccc(Br)c2)nc2ccccc21. The zero-order valence-corrected chi connectivity index (χ0v) is 17.8. The third kappa shape index (κ3) is 5.35. The smallest absolute Gasteiger partial charge is 0.312 e. The number of aryl methyl sites for hydroxylation is 1. The molecule has 0 fully saturated rings. The molecule has 0 radical (unpaired) electrons. The third-order valence-corrected chi connectivity index (χ3v) is 4.99. The number of primary amides is 1. The largest absolute Gasteiger partial charge is 0.352 e. The van der Waals surface area contributed by atoms with E-state index in [1.54, 1.807) is 18.2 Å². The molecule has 1 heterocycles. The number of fused-ring (bicyclic) bond motifs is 1. The van der Waals surface area contributed by atoms with Crippen molar-refractivity contribution in [2.24, 2.45) is 12.8 Å². The standard InChI is InChI=1S/C20H21BrN6O3/c1-27-16-8-3-2-7-14(16)23-17(27)11-19(29)26-25-18(28)10-15(24-20(22)30)12-5-4-6-13(21)9-12/h2-9,15H,10-11H2,1H3,(H,25,28)(H,26,29)(H3,22,24,30). The number of carbonyl (C=O) groups excluding carboxylic acids is 3. The number of nitrogens with one attached hydrogen (secondary N) is 3. The van der Waals surface area contributed by atoms with Crippen LogP contribution in [-0.4, -0.2) is 27.4 Å². The van der Waals surface area contributed by atoms with Crippen LogP contribution in [-0.2, 0) is 23.1 Å². The maximum absolute atomic E-state index is 12.3. The average molecular weight is 473 g/mol. The van der Waals surface area contributed by atoms with Crippen LogP contribution in [0.5, 0.6) is 0 Å². The number of urea groups is 1. The molecule has 10 heteroatoms. The molecule has 0 bridgehead atoms. The number of hydrogen-bond acceptors (Lipinski definition) is 4. The molecule has 1 atom stereocenters. The number of benzene rings is 2. The summed E-state index contributed by atoms with van der Waals surface area (Å²) in [4.78, 5) is 40.3. The zero-order chi connectivity index (χ0) is 21.7. The van der Waals surface area contributed by atoms with E-state index >= 15 is 0 Å². The third-order valence-electron chi connectivity index (χ3n) is 4.50. The predicted molar refractivity (Wildman–Crippen MR) is 115 cm³/mol. The Labute approximate surface area is 181 Å². The average Bonchev–Trinajstić information content (AvgIpc) is 3.01. The molecule has 0 aliphatic carbocycles. The highest BCUT2D eigenvalue weighted by Gasteiger charge is 2.19. The summed E-state index contributed by atoms with van der Waals surface area (Å²) >= 11 is 3.35. The van der Waals surface area contributed by atoms with Gasteiger partial charge in [-0.2, -0.15) is 0 Å². The molecule has 3 aromatic rings. The molecule has 1 unspecified atom stereocenters. The number of hydrogen-bond donors (Lipinski definition) is 4. The molecule has 156 valence electrons. The summed E-state index contributed by atoms with van der Waals surface area (Å²) in [5.74, 6) is -0.318. The van der Waals surface area contributed by atoms with Crippen LogP contribution < -0.4 is 21.9 Å². The minimum atomic E-state index is -0.751. The highest BCUT2D eigenvalue weighted by molar-refractivity contribution is 9.10. The lowest BCUT2D eigenvalue weighted by molar-refractivity contribution is -0.128. The lowest BCUT2D eigenvalue weighted by Gasteiger charge is -2.18. The molecule has 30 heavy (non-hydrogen) atoms. The van der Waals surface area contributed by atoms with Crippen molar-refractivity contribution in [2.75, 3.05) is 0 Å². The van der Waals surface area contributed by atoms with E-state index in [1.165, 1.54) is 0 Å². The van der Waals surface area contributed by atoms with Gasteiger partial charge in [0, 0.05) is 11.5 Å². The van der Waals surface area contributed by atoms with Gasteiger partial charge < -0.3 is 15.6 Å². The molecule has 0 saturated heterocycles. The Balaban J connectivity index is 1.58. The minimum Gasteiger partial charge on any atom is -0.352 e. The fraction of sp³-hybridized carbons (Fsp3) is 0.200. The van der Waals surface area contributed by atoms with Crippen molar-refractivity contribution in [2.45, 2.75) is 18.9 Å². The first-order valence-corrected chi connectivity index (χ1v) is 9.92. The first-order chi connectivity index (χ1) is 14.3. The van der Waals surface area contributed by atoms with Gasteiger partial charge in [-0.3, -0.25) is 20.4 Å². The maximum Gasteiger partial charge on any atom is 0.312 e. The number of carbonyl (C=O) groups is 3. The van der Waals surface area contributed by atoms with E-state index in [0.29, 0.717) is 11.4 Å². The summed E-state index contributed by atoms with van der Waals surface area (Å²) in [6.07, 6.45) is -0.105. The fourth-order valence-corrected chi connectivity index (χ4v) is 3.48. The first kappa shape index (κ1) is 21.3. The molecule has 3 rings (SSSR count). The van der Waals surface area contributed by atoms with E-state index in [2.05, 4.69) is 37.1 Å². The molecule has 4 amide bonds. The van der Waals surface area contributed by atoms with Crippen LogP contribution in [0.15, 0.2) is 53.0 Å². The van der Waals surface area contributed by atoms with E-state index in [-0.39, 0.29) is 12.8 Å². The second kappa shape index (κ2) is 9.40. The van der Waals surface area contributed by atoms with Gasteiger partial charge in [0.1, 0.15) is 5.82 Å². The number of imidazole rings is 1. The molecule has 9 nitrogen and oxygen atoms in total. The number of halogens is 1. The summed E-state index contributed by atoms with van der Waals surface area (Å²) in [5.41, 5.74) is 12.4. The highest BCUT2D eigenvalue weighted by atomic mass is 79.9. The fourth-order valence-electron chi connectivity index (χ4n) is 3.06. The summed E-state index contributed by atoms with van der Waals surface area (Å²) < 4.78 is 2.63. The lowest BCUT2D eigenvalue weighted by atomic mass is 10.0. The van der Waals surface area contributed by atoms with E-state index in [1.807, 2.05) is 41.9 Å². The normalized spacial score (nSPS) is 11.7. The molecule has 1 aromatic heterocycles. The van der Waals surface area contributed by atoms with Crippen molar-refractivity contribution in [3.63, 3.8) is 0 Å². The molecular weight excluding hydrogens is 452 g/mol. The summed E-state index contributed by atoms with van der Waals surface area (Å²) in [6, 6.07) is 13.3. The zero-order valence-electron chi connectivity index (χ0n) is 16.2. The van der Waals surface area contributed by atoms with Crippen LogP contribution in [0.25, 0.3) is 11.0 Å². The van der Waals surface area contributed by atoms with Crippen molar-refractivity contribution in [3.8, 4) is 0 Å². The Bertz CT molecular complexity index is 1100. The van der Waals surface area contributed by atoms with Gasteiger partial charge in [0.25, 0.3) is 0 Å².